The summed E-state index contributed by atoms with van der Waals surface area (Å²) in [7, 11) is 0. The average molecular weight is 283 g/mol. The molecule has 2 nitrogen and oxygen atoms in total. The third kappa shape index (κ3) is 4.33. The number of rotatable bonds is 6. The predicted octanol–water partition coefficient (Wildman–Crippen LogP) is 4.64. The zero-order valence-corrected chi connectivity index (χ0v) is 13.4. The molecule has 2 aromatic carbocycles. The highest BCUT2D eigenvalue weighted by Crippen LogP contribution is 2.32. The Morgan fingerprint density at radius 1 is 0.857 bits per heavy atom. The van der Waals surface area contributed by atoms with E-state index in [4.69, 9.17) is 4.74 Å². The maximum atomic E-state index is 5.96. The van der Waals surface area contributed by atoms with E-state index in [9.17, 15) is 0 Å². The summed E-state index contributed by atoms with van der Waals surface area (Å²) in [5.41, 5.74) is 3.69. The highest BCUT2D eigenvalue weighted by Gasteiger charge is 2.11. The van der Waals surface area contributed by atoms with E-state index >= 15 is 0 Å². The third-order valence-corrected chi connectivity index (χ3v) is 3.26. The van der Waals surface area contributed by atoms with Gasteiger partial charge in [-0.1, -0.05) is 56.3 Å². The van der Waals surface area contributed by atoms with E-state index in [2.05, 4.69) is 69.4 Å². The quantitative estimate of drug-likeness (QED) is 0.834. The Balaban J connectivity index is 2.37. The lowest BCUT2D eigenvalue weighted by molar-refractivity contribution is 0.243. The van der Waals surface area contributed by atoms with Crippen LogP contribution in [0.3, 0.4) is 0 Å². The van der Waals surface area contributed by atoms with Crippen LogP contribution in [-0.4, -0.2) is 12.1 Å². The van der Waals surface area contributed by atoms with Crippen LogP contribution in [0.5, 0.6) is 5.75 Å². The summed E-state index contributed by atoms with van der Waals surface area (Å²) in [5, 5.41) is 3.49. The lowest BCUT2D eigenvalue weighted by atomic mass is 9.98. The largest absolute Gasteiger partial charge is 0.490 e. The maximum Gasteiger partial charge on any atom is 0.127 e. The average Bonchev–Trinajstić information content (AvgIpc) is 2.45. The number of para-hydroxylation sites is 1. The van der Waals surface area contributed by atoms with Crippen molar-refractivity contribution in [3.63, 3.8) is 0 Å². The number of hydrogen-bond acceptors (Lipinski definition) is 2. The molecule has 0 unspecified atom stereocenters. The predicted molar refractivity (Wildman–Crippen MR) is 89.6 cm³/mol. The van der Waals surface area contributed by atoms with Crippen LogP contribution in [0.25, 0.3) is 11.1 Å². The van der Waals surface area contributed by atoms with Gasteiger partial charge in [-0.2, -0.15) is 0 Å². The summed E-state index contributed by atoms with van der Waals surface area (Å²) in [6, 6.07) is 17.3. The maximum absolute atomic E-state index is 5.96. The molecule has 0 saturated heterocycles. The minimum atomic E-state index is 0.173. The van der Waals surface area contributed by atoms with Crippen molar-refractivity contribution in [1.29, 1.82) is 0 Å². The normalized spacial score (nSPS) is 11.1. The van der Waals surface area contributed by atoms with Gasteiger partial charge in [0.1, 0.15) is 5.75 Å². The minimum Gasteiger partial charge on any atom is -0.490 e. The SMILES string of the molecule is CC(C)NCc1ccccc1-c1ccccc1OC(C)C. The number of ether oxygens (including phenoxy) is 1. The molecule has 0 aromatic heterocycles. The molecule has 0 aliphatic heterocycles. The van der Waals surface area contributed by atoms with E-state index in [1.807, 2.05) is 12.1 Å². The topological polar surface area (TPSA) is 21.3 Å². The van der Waals surface area contributed by atoms with Crippen LogP contribution in [0.15, 0.2) is 48.5 Å². The van der Waals surface area contributed by atoms with Gasteiger partial charge in [-0.15, -0.1) is 0 Å². The van der Waals surface area contributed by atoms with Gasteiger partial charge in [-0.25, -0.2) is 0 Å². The molecule has 0 atom stereocenters. The Morgan fingerprint density at radius 3 is 2.14 bits per heavy atom. The first-order valence-corrected chi connectivity index (χ1v) is 7.65. The summed E-state index contributed by atoms with van der Waals surface area (Å²) in [6.45, 7) is 9.31. The molecule has 112 valence electrons. The molecule has 0 bridgehead atoms. The molecular weight excluding hydrogens is 258 g/mol. The van der Waals surface area contributed by atoms with Crippen LogP contribution in [-0.2, 0) is 6.54 Å². The Morgan fingerprint density at radius 2 is 1.48 bits per heavy atom. The second kappa shape index (κ2) is 7.28. The van der Waals surface area contributed by atoms with Gasteiger partial charge in [0.25, 0.3) is 0 Å². The van der Waals surface area contributed by atoms with E-state index in [0.717, 1.165) is 17.9 Å². The van der Waals surface area contributed by atoms with Gasteiger partial charge in [0.05, 0.1) is 6.10 Å². The van der Waals surface area contributed by atoms with Gasteiger partial charge >= 0.3 is 0 Å². The lowest BCUT2D eigenvalue weighted by Gasteiger charge is -2.17. The van der Waals surface area contributed by atoms with E-state index in [0.29, 0.717) is 6.04 Å². The van der Waals surface area contributed by atoms with E-state index in [-0.39, 0.29) is 6.10 Å². The summed E-state index contributed by atoms with van der Waals surface area (Å²) in [6.07, 6.45) is 0.173. The van der Waals surface area contributed by atoms with E-state index in [1.165, 1.54) is 11.1 Å². The van der Waals surface area contributed by atoms with E-state index in [1.54, 1.807) is 0 Å². The van der Waals surface area contributed by atoms with Crippen LogP contribution in [0.2, 0.25) is 0 Å². The standard InChI is InChI=1S/C19H25NO/c1-14(2)20-13-16-9-5-6-10-17(16)18-11-7-8-12-19(18)21-15(3)4/h5-12,14-15,20H,13H2,1-4H3. The van der Waals surface area contributed by atoms with Crippen molar-refractivity contribution in [1.82, 2.24) is 5.32 Å². The zero-order valence-electron chi connectivity index (χ0n) is 13.4. The Kier molecular flexibility index (Phi) is 5.40. The van der Waals surface area contributed by atoms with Crippen molar-refractivity contribution >= 4 is 0 Å². The van der Waals surface area contributed by atoms with Crippen LogP contribution in [0, 0.1) is 0 Å². The van der Waals surface area contributed by atoms with Crippen LogP contribution in [0.1, 0.15) is 33.3 Å². The molecule has 0 spiro atoms. The zero-order chi connectivity index (χ0) is 15.2. The first-order chi connectivity index (χ1) is 10.1. The van der Waals surface area contributed by atoms with Crippen molar-refractivity contribution in [2.45, 2.75) is 46.4 Å². The molecule has 0 amide bonds. The third-order valence-electron chi connectivity index (χ3n) is 3.26. The molecule has 2 rings (SSSR count). The van der Waals surface area contributed by atoms with E-state index < -0.39 is 0 Å². The summed E-state index contributed by atoms with van der Waals surface area (Å²) >= 11 is 0. The van der Waals surface area contributed by atoms with Gasteiger partial charge in [0.2, 0.25) is 0 Å². The summed E-state index contributed by atoms with van der Waals surface area (Å²) in [5.74, 6) is 0.949. The molecular formula is C19H25NO. The number of nitrogens with one attached hydrogen (secondary N) is 1. The molecule has 0 radical (unpaired) electrons. The molecule has 2 aromatic rings. The molecule has 0 aliphatic carbocycles. The Hall–Kier alpha value is -1.80. The monoisotopic (exact) mass is 283 g/mol. The minimum absolute atomic E-state index is 0.173. The second-order valence-electron chi connectivity index (χ2n) is 5.86. The molecule has 0 aliphatic rings. The van der Waals surface area contributed by atoms with Crippen LogP contribution >= 0.6 is 0 Å². The first kappa shape index (κ1) is 15.6. The van der Waals surface area contributed by atoms with Crippen molar-refractivity contribution in [3.8, 4) is 16.9 Å². The van der Waals surface area contributed by atoms with Gasteiger partial charge in [0, 0.05) is 18.2 Å². The molecule has 0 saturated carbocycles. The van der Waals surface area contributed by atoms with Gasteiger partial charge in [-0.05, 0) is 31.0 Å². The molecule has 0 fully saturated rings. The summed E-state index contributed by atoms with van der Waals surface area (Å²) < 4.78 is 5.96. The molecule has 2 heteroatoms. The Bertz CT molecular complexity index is 575. The fourth-order valence-corrected chi connectivity index (χ4v) is 2.30. The van der Waals surface area contributed by atoms with Crippen molar-refractivity contribution < 1.29 is 4.74 Å². The fourth-order valence-electron chi connectivity index (χ4n) is 2.30. The first-order valence-electron chi connectivity index (χ1n) is 7.65. The lowest BCUT2D eigenvalue weighted by Crippen LogP contribution is -2.22. The molecule has 1 N–H and O–H groups in total. The summed E-state index contributed by atoms with van der Waals surface area (Å²) in [4.78, 5) is 0. The van der Waals surface area contributed by atoms with Crippen molar-refractivity contribution in [2.24, 2.45) is 0 Å². The highest BCUT2D eigenvalue weighted by molar-refractivity contribution is 5.73. The van der Waals surface area contributed by atoms with Gasteiger partial charge in [-0.3, -0.25) is 0 Å². The van der Waals surface area contributed by atoms with Gasteiger partial charge in [0.15, 0.2) is 0 Å². The van der Waals surface area contributed by atoms with Crippen LogP contribution < -0.4 is 10.1 Å². The van der Waals surface area contributed by atoms with Gasteiger partial charge < -0.3 is 10.1 Å². The number of hydrogen-bond donors (Lipinski definition) is 1. The second-order valence-corrected chi connectivity index (χ2v) is 5.86. The van der Waals surface area contributed by atoms with Crippen molar-refractivity contribution in [2.75, 3.05) is 0 Å². The smallest absolute Gasteiger partial charge is 0.127 e. The molecule has 0 heterocycles. The Labute approximate surface area is 128 Å². The fraction of sp³-hybridized carbons (Fsp3) is 0.368. The van der Waals surface area contributed by atoms with Crippen molar-refractivity contribution in [3.05, 3.63) is 54.1 Å². The number of benzene rings is 2. The highest BCUT2D eigenvalue weighted by atomic mass is 16.5. The van der Waals surface area contributed by atoms with Crippen LogP contribution in [0.4, 0.5) is 0 Å². The molecule has 21 heavy (non-hydrogen) atoms.